The number of rotatable bonds is 8. The van der Waals surface area contributed by atoms with Crippen molar-refractivity contribution in [3.05, 3.63) is 36.4 Å². The number of anilines is 1. The molecule has 0 radical (unpaired) electrons. The standard InChI is InChI=1S/C26H40N2O4SSi/c1-25(2,3)31-24(30)28-22(15-16-33-7)23(29)27-21-12-10-11-18-13-14-19(17-20(18)21)32-34(8,9)26(4,5)6/h10-14,17,22H,15-16H2,1-9H3,(H,27,29)(H,28,30)/t22-/m1/s1. The van der Waals surface area contributed by atoms with Crippen molar-refractivity contribution in [2.75, 3.05) is 17.3 Å². The zero-order valence-electron chi connectivity index (χ0n) is 22.0. The molecule has 0 aliphatic rings. The predicted molar refractivity (Wildman–Crippen MR) is 147 cm³/mol. The Morgan fingerprint density at radius 1 is 1.06 bits per heavy atom. The summed E-state index contributed by atoms with van der Waals surface area (Å²) < 4.78 is 11.8. The van der Waals surface area contributed by atoms with Crippen molar-refractivity contribution < 1.29 is 18.8 Å². The van der Waals surface area contributed by atoms with Gasteiger partial charge in [0.15, 0.2) is 0 Å². The van der Waals surface area contributed by atoms with E-state index in [1.165, 1.54) is 0 Å². The van der Waals surface area contributed by atoms with Gasteiger partial charge in [0.1, 0.15) is 17.4 Å². The molecule has 0 heterocycles. The molecule has 2 rings (SSSR count). The highest BCUT2D eigenvalue weighted by Gasteiger charge is 2.39. The van der Waals surface area contributed by atoms with Gasteiger partial charge < -0.3 is 19.8 Å². The van der Waals surface area contributed by atoms with Crippen molar-refractivity contribution in [1.82, 2.24) is 5.32 Å². The summed E-state index contributed by atoms with van der Waals surface area (Å²) in [4.78, 5) is 25.5. The number of hydrogen-bond donors (Lipinski definition) is 2. The van der Waals surface area contributed by atoms with Gasteiger partial charge in [-0.15, -0.1) is 0 Å². The maximum absolute atomic E-state index is 13.2. The molecule has 0 saturated heterocycles. The molecule has 2 N–H and O–H groups in total. The van der Waals surface area contributed by atoms with Gasteiger partial charge >= 0.3 is 6.09 Å². The van der Waals surface area contributed by atoms with Gasteiger partial charge in [-0.25, -0.2) is 4.79 Å². The maximum atomic E-state index is 13.2. The Hall–Kier alpha value is -2.19. The summed E-state index contributed by atoms with van der Waals surface area (Å²) in [6.07, 6.45) is 1.87. The van der Waals surface area contributed by atoms with Gasteiger partial charge in [0.2, 0.25) is 14.2 Å². The van der Waals surface area contributed by atoms with Gasteiger partial charge in [-0.3, -0.25) is 4.79 Å². The first-order valence-electron chi connectivity index (χ1n) is 11.6. The van der Waals surface area contributed by atoms with E-state index < -0.39 is 26.1 Å². The highest BCUT2D eigenvalue weighted by atomic mass is 32.2. The van der Waals surface area contributed by atoms with Gasteiger partial charge in [-0.2, -0.15) is 11.8 Å². The number of hydrogen-bond acceptors (Lipinski definition) is 5. The van der Waals surface area contributed by atoms with Crippen LogP contribution in [0.2, 0.25) is 18.1 Å². The lowest BCUT2D eigenvalue weighted by molar-refractivity contribution is -0.118. The van der Waals surface area contributed by atoms with Crippen molar-refractivity contribution in [3.63, 3.8) is 0 Å². The number of carbonyl (C=O) groups excluding carboxylic acids is 2. The summed E-state index contributed by atoms with van der Waals surface area (Å²) in [5.74, 6) is 1.25. The van der Waals surface area contributed by atoms with Crippen LogP contribution in [0.25, 0.3) is 10.8 Å². The van der Waals surface area contributed by atoms with Crippen molar-refractivity contribution in [3.8, 4) is 5.75 Å². The minimum absolute atomic E-state index is 0.0769. The van der Waals surface area contributed by atoms with Crippen molar-refractivity contribution in [2.45, 2.75) is 77.7 Å². The van der Waals surface area contributed by atoms with Crippen LogP contribution in [0.4, 0.5) is 10.5 Å². The lowest BCUT2D eigenvalue weighted by atomic mass is 10.1. The first-order valence-corrected chi connectivity index (χ1v) is 15.9. The fraction of sp³-hybridized carbons (Fsp3) is 0.538. The topological polar surface area (TPSA) is 76.7 Å². The third kappa shape index (κ3) is 7.94. The highest BCUT2D eigenvalue weighted by molar-refractivity contribution is 7.98. The van der Waals surface area contributed by atoms with E-state index in [4.69, 9.17) is 9.16 Å². The highest BCUT2D eigenvalue weighted by Crippen LogP contribution is 2.38. The molecular formula is C26H40N2O4SSi. The molecule has 1 atom stereocenters. The maximum Gasteiger partial charge on any atom is 0.408 e. The molecule has 2 aromatic rings. The summed E-state index contributed by atoms with van der Waals surface area (Å²) in [6.45, 7) is 16.4. The fourth-order valence-corrected chi connectivity index (χ4v) is 4.54. The van der Waals surface area contributed by atoms with Crippen LogP contribution in [0.5, 0.6) is 5.75 Å². The fourth-order valence-electron chi connectivity index (χ4n) is 3.05. The molecule has 0 bridgehead atoms. The van der Waals surface area contributed by atoms with Crippen LogP contribution < -0.4 is 15.1 Å². The third-order valence-electron chi connectivity index (χ3n) is 5.91. The number of fused-ring (bicyclic) bond motifs is 1. The zero-order chi connectivity index (χ0) is 25.7. The Balaban J connectivity index is 2.29. The SMILES string of the molecule is CSCC[C@@H](NC(=O)OC(C)(C)C)C(=O)Nc1cccc2ccc(O[Si](C)(C)C(C)(C)C)cc12. The molecule has 34 heavy (non-hydrogen) atoms. The number of nitrogens with one attached hydrogen (secondary N) is 2. The van der Waals surface area contributed by atoms with E-state index in [2.05, 4.69) is 44.5 Å². The van der Waals surface area contributed by atoms with Crippen LogP contribution in [-0.2, 0) is 9.53 Å². The van der Waals surface area contributed by atoms with E-state index in [0.29, 0.717) is 12.1 Å². The number of ether oxygens (including phenoxy) is 1. The van der Waals surface area contributed by atoms with Gasteiger partial charge in [0, 0.05) is 11.1 Å². The van der Waals surface area contributed by atoms with E-state index in [1.54, 1.807) is 32.5 Å². The van der Waals surface area contributed by atoms with Gasteiger partial charge in [0.05, 0.1) is 0 Å². The molecule has 0 aliphatic heterocycles. The first kappa shape index (κ1) is 28.0. The number of alkyl carbamates (subject to hydrolysis) is 1. The van der Waals surface area contributed by atoms with Crippen LogP contribution >= 0.6 is 11.8 Å². The smallest absolute Gasteiger partial charge is 0.408 e. The molecule has 8 heteroatoms. The Kier molecular flexibility index (Phi) is 9.10. The van der Waals surface area contributed by atoms with E-state index in [0.717, 1.165) is 22.3 Å². The molecule has 188 valence electrons. The largest absolute Gasteiger partial charge is 0.543 e. The average Bonchev–Trinajstić information content (AvgIpc) is 2.69. The molecule has 0 aromatic heterocycles. The second-order valence-corrected chi connectivity index (χ2v) is 16.7. The number of benzene rings is 2. The van der Waals surface area contributed by atoms with Crippen LogP contribution in [0, 0.1) is 0 Å². The van der Waals surface area contributed by atoms with Gasteiger partial charge in [-0.05, 0) is 80.9 Å². The monoisotopic (exact) mass is 504 g/mol. The average molecular weight is 505 g/mol. The zero-order valence-corrected chi connectivity index (χ0v) is 23.8. The molecule has 0 fully saturated rings. The Morgan fingerprint density at radius 3 is 2.32 bits per heavy atom. The number of thioether (sulfide) groups is 1. The van der Waals surface area contributed by atoms with Crippen LogP contribution in [-0.4, -0.2) is 44.0 Å². The predicted octanol–water partition coefficient (Wildman–Crippen LogP) is 6.81. The van der Waals surface area contributed by atoms with Crippen molar-refractivity contribution >= 4 is 48.5 Å². The Bertz CT molecular complexity index is 1010. The Labute approximate surface area is 209 Å². The minimum atomic E-state index is -2.00. The second-order valence-electron chi connectivity index (χ2n) is 11.0. The van der Waals surface area contributed by atoms with Crippen molar-refractivity contribution in [1.29, 1.82) is 0 Å². The van der Waals surface area contributed by atoms with Crippen LogP contribution in [0.15, 0.2) is 36.4 Å². The first-order chi connectivity index (χ1) is 15.6. The normalized spacial score (nSPS) is 13.3. The summed E-state index contributed by atoms with van der Waals surface area (Å²) in [7, 11) is -2.00. The van der Waals surface area contributed by atoms with E-state index in [1.807, 2.05) is 42.7 Å². The van der Waals surface area contributed by atoms with Crippen LogP contribution in [0.1, 0.15) is 48.0 Å². The Morgan fingerprint density at radius 2 is 1.74 bits per heavy atom. The number of carbonyl (C=O) groups is 2. The van der Waals surface area contributed by atoms with E-state index >= 15 is 0 Å². The summed E-state index contributed by atoms with van der Waals surface area (Å²) in [5.41, 5.74) is 0.0455. The quantitative estimate of drug-likeness (QED) is 0.386. The van der Waals surface area contributed by atoms with Gasteiger partial charge in [-0.1, -0.05) is 39.0 Å². The van der Waals surface area contributed by atoms with Crippen molar-refractivity contribution in [2.24, 2.45) is 0 Å². The summed E-state index contributed by atoms with van der Waals surface area (Å²) in [6, 6.07) is 11.1. The molecule has 0 aliphatic carbocycles. The van der Waals surface area contributed by atoms with Gasteiger partial charge in [0.25, 0.3) is 0 Å². The molecule has 0 saturated carbocycles. The van der Waals surface area contributed by atoms with E-state index in [9.17, 15) is 9.59 Å². The molecule has 2 amide bonds. The van der Waals surface area contributed by atoms with Crippen LogP contribution in [0.3, 0.4) is 0 Å². The van der Waals surface area contributed by atoms with E-state index in [-0.39, 0.29) is 10.9 Å². The lowest BCUT2D eigenvalue weighted by Crippen LogP contribution is -2.46. The third-order valence-corrected chi connectivity index (χ3v) is 10.9. The molecule has 0 spiro atoms. The summed E-state index contributed by atoms with van der Waals surface area (Å²) >= 11 is 1.62. The summed E-state index contributed by atoms with van der Waals surface area (Å²) in [5, 5.41) is 7.72. The minimum Gasteiger partial charge on any atom is -0.543 e. The second kappa shape index (κ2) is 11.0. The molecular weight excluding hydrogens is 464 g/mol. The molecule has 0 unspecified atom stereocenters. The molecule has 2 aromatic carbocycles. The number of amides is 2. The molecule has 6 nitrogen and oxygen atoms in total. The lowest BCUT2D eigenvalue weighted by Gasteiger charge is -2.36.